The molecule has 0 radical (unpaired) electrons. The molecule has 1 N–H and O–H groups in total. The van der Waals surface area contributed by atoms with Crippen molar-refractivity contribution in [1.29, 1.82) is 0 Å². The lowest BCUT2D eigenvalue weighted by molar-refractivity contribution is -0.119. The number of rotatable bonds is 7. The standard InChI is InChI=1S/C29H23N3O4/c1-20-30-26-18-21(12-17-27(26)32(20)23-8-4-2-5-9-23)29(34)35-19-28(33)31-22-13-15-25(16-14-22)36-24-10-6-3-7-11-24/h2-18H,19H2,1H3,(H,31,33). The number of para-hydroxylation sites is 2. The molecule has 7 heteroatoms. The smallest absolute Gasteiger partial charge is 0.338 e. The molecular weight excluding hydrogens is 454 g/mol. The Morgan fingerprint density at radius 1 is 0.833 bits per heavy atom. The maximum atomic E-state index is 12.6. The second-order valence-electron chi connectivity index (χ2n) is 8.10. The van der Waals surface area contributed by atoms with Crippen LogP contribution in [0.2, 0.25) is 0 Å². The number of nitrogens with one attached hydrogen (secondary N) is 1. The summed E-state index contributed by atoms with van der Waals surface area (Å²) in [6.07, 6.45) is 0. The van der Waals surface area contributed by atoms with Crippen LogP contribution >= 0.6 is 0 Å². The summed E-state index contributed by atoms with van der Waals surface area (Å²) in [5.74, 6) is 1.14. The van der Waals surface area contributed by atoms with Crippen LogP contribution in [-0.2, 0) is 9.53 Å². The van der Waals surface area contributed by atoms with E-state index in [9.17, 15) is 9.59 Å². The highest BCUT2D eigenvalue weighted by atomic mass is 16.5. The maximum Gasteiger partial charge on any atom is 0.338 e. The number of imidazole rings is 1. The second-order valence-corrected chi connectivity index (χ2v) is 8.10. The molecule has 7 nitrogen and oxygen atoms in total. The molecule has 0 unspecified atom stereocenters. The van der Waals surface area contributed by atoms with Crippen molar-refractivity contribution in [2.45, 2.75) is 6.92 Å². The van der Waals surface area contributed by atoms with Gasteiger partial charge in [0, 0.05) is 11.4 Å². The molecule has 5 aromatic rings. The molecule has 0 aliphatic rings. The predicted octanol–water partition coefficient (Wildman–Crippen LogP) is 5.92. The van der Waals surface area contributed by atoms with Gasteiger partial charge in [0.1, 0.15) is 17.3 Å². The van der Waals surface area contributed by atoms with Gasteiger partial charge in [0.2, 0.25) is 0 Å². The van der Waals surface area contributed by atoms with Crippen LogP contribution in [0.4, 0.5) is 5.69 Å². The Hall–Kier alpha value is -4.91. The monoisotopic (exact) mass is 477 g/mol. The number of aryl methyl sites for hydroxylation is 1. The normalized spacial score (nSPS) is 10.7. The summed E-state index contributed by atoms with van der Waals surface area (Å²) < 4.78 is 13.0. The Kier molecular flexibility index (Phi) is 6.44. The summed E-state index contributed by atoms with van der Waals surface area (Å²) in [4.78, 5) is 29.5. The molecule has 5 rings (SSSR count). The number of carbonyl (C=O) groups excluding carboxylic acids is 2. The molecule has 0 aliphatic heterocycles. The number of amides is 1. The fraction of sp³-hybridized carbons (Fsp3) is 0.0690. The molecule has 1 amide bonds. The van der Waals surface area contributed by atoms with E-state index >= 15 is 0 Å². The number of hydrogen-bond acceptors (Lipinski definition) is 5. The third-order valence-electron chi connectivity index (χ3n) is 5.52. The van der Waals surface area contributed by atoms with Gasteiger partial charge in [-0.05, 0) is 73.7 Å². The lowest BCUT2D eigenvalue weighted by Crippen LogP contribution is -2.20. The third kappa shape index (κ3) is 5.10. The van der Waals surface area contributed by atoms with E-state index in [1.165, 1.54) is 0 Å². The minimum Gasteiger partial charge on any atom is -0.457 e. The van der Waals surface area contributed by atoms with Crippen molar-refractivity contribution in [3.63, 3.8) is 0 Å². The average Bonchev–Trinajstić information content (AvgIpc) is 3.24. The summed E-state index contributed by atoms with van der Waals surface area (Å²) in [7, 11) is 0. The summed E-state index contributed by atoms with van der Waals surface area (Å²) in [5, 5.41) is 2.71. The van der Waals surface area contributed by atoms with Gasteiger partial charge in [-0.3, -0.25) is 9.36 Å². The number of carbonyl (C=O) groups is 2. The van der Waals surface area contributed by atoms with Crippen molar-refractivity contribution in [2.75, 3.05) is 11.9 Å². The SMILES string of the molecule is Cc1nc2cc(C(=O)OCC(=O)Nc3ccc(Oc4ccccc4)cc3)ccc2n1-c1ccccc1. The van der Waals surface area contributed by atoms with Crippen LogP contribution in [-0.4, -0.2) is 28.0 Å². The molecule has 0 bridgehead atoms. The number of hydrogen-bond donors (Lipinski definition) is 1. The van der Waals surface area contributed by atoms with Gasteiger partial charge < -0.3 is 14.8 Å². The highest BCUT2D eigenvalue weighted by Crippen LogP contribution is 2.24. The Bertz CT molecular complexity index is 1510. The quantitative estimate of drug-likeness (QED) is 0.294. The van der Waals surface area contributed by atoms with Crippen LogP contribution in [0, 0.1) is 6.92 Å². The van der Waals surface area contributed by atoms with E-state index in [0.29, 0.717) is 22.5 Å². The van der Waals surface area contributed by atoms with Crippen LogP contribution in [0.15, 0.2) is 103 Å². The van der Waals surface area contributed by atoms with Gasteiger partial charge in [0.25, 0.3) is 5.91 Å². The van der Waals surface area contributed by atoms with E-state index in [4.69, 9.17) is 9.47 Å². The fourth-order valence-corrected chi connectivity index (χ4v) is 3.87. The fourth-order valence-electron chi connectivity index (χ4n) is 3.87. The summed E-state index contributed by atoms with van der Waals surface area (Å²) in [6, 6.07) is 31.4. The summed E-state index contributed by atoms with van der Waals surface area (Å²) in [6.45, 7) is 1.51. The van der Waals surface area contributed by atoms with E-state index in [-0.39, 0.29) is 0 Å². The number of aromatic nitrogens is 2. The Balaban J connectivity index is 1.19. The van der Waals surface area contributed by atoms with Gasteiger partial charge in [0.15, 0.2) is 6.61 Å². The zero-order chi connectivity index (χ0) is 24.9. The van der Waals surface area contributed by atoms with E-state index in [2.05, 4.69) is 10.3 Å². The number of ether oxygens (including phenoxy) is 2. The number of fused-ring (bicyclic) bond motifs is 1. The highest BCUT2D eigenvalue weighted by molar-refractivity contribution is 5.97. The van der Waals surface area contributed by atoms with Crippen molar-refractivity contribution < 1.29 is 19.1 Å². The third-order valence-corrected chi connectivity index (χ3v) is 5.52. The average molecular weight is 478 g/mol. The number of nitrogens with zero attached hydrogens (tertiary/aromatic N) is 2. The van der Waals surface area contributed by atoms with Crippen LogP contribution in [0.25, 0.3) is 16.7 Å². The first-order valence-corrected chi connectivity index (χ1v) is 11.4. The Morgan fingerprint density at radius 2 is 1.50 bits per heavy atom. The maximum absolute atomic E-state index is 12.6. The minimum atomic E-state index is -0.592. The predicted molar refractivity (Wildman–Crippen MR) is 138 cm³/mol. The Morgan fingerprint density at radius 3 is 2.22 bits per heavy atom. The second kappa shape index (κ2) is 10.1. The summed E-state index contributed by atoms with van der Waals surface area (Å²) in [5.41, 5.74) is 3.44. The lowest BCUT2D eigenvalue weighted by atomic mass is 10.2. The van der Waals surface area contributed by atoms with Gasteiger partial charge in [0.05, 0.1) is 16.6 Å². The van der Waals surface area contributed by atoms with Crippen LogP contribution in [0.5, 0.6) is 11.5 Å². The van der Waals surface area contributed by atoms with E-state index in [0.717, 1.165) is 22.8 Å². The van der Waals surface area contributed by atoms with Crippen molar-refractivity contribution in [2.24, 2.45) is 0 Å². The molecule has 36 heavy (non-hydrogen) atoms. The van der Waals surface area contributed by atoms with Gasteiger partial charge in [-0.15, -0.1) is 0 Å². The Labute approximate surface area is 207 Å². The first kappa shape index (κ1) is 22.9. The van der Waals surface area contributed by atoms with Gasteiger partial charge in [-0.2, -0.15) is 0 Å². The molecule has 0 saturated carbocycles. The molecule has 0 atom stereocenters. The molecule has 0 spiro atoms. The van der Waals surface area contributed by atoms with Gasteiger partial charge in [-0.1, -0.05) is 36.4 Å². The van der Waals surface area contributed by atoms with Crippen molar-refractivity contribution >= 4 is 28.6 Å². The zero-order valence-electron chi connectivity index (χ0n) is 19.5. The number of esters is 1. The molecule has 4 aromatic carbocycles. The van der Waals surface area contributed by atoms with Crippen molar-refractivity contribution in [3.05, 3.63) is 115 Å². The molecule has 178 valence electrons. The van der Waals surface area contributed by atoms with Crippen LogP contribution in [0.3, 0.4) is 0 Å². The molecule has 0 saturated heterocycles. The van der Waals surface area contributed by atoms with Crippen molar-refractivity contribution in [1.82, 2.24) is 9.55 Å². The molecular formula is C29H23N3O4. The molecule has 0 aliphatic carbocycles. The molecule has 1 heterocycles. The first-order valence-electron chi connectivity index (χ1n) is 11.4. The van der Waals surface area contributed by atoms with Gasteiger partial charge in [-0.25, -0.2) is 9.78 Å². The zero-order valence-corrected chi connectivity index (χ0v) is 19.5. The molecule has 0 fully saturated rings. The van der Waals surface area contributed by atoms with E-state index in [1.54, 1.807) is 36.4 Å². The van der Waals surface area contributed by atoms with Gasteiger partial charge >= 0.3 is 5.97 Å². The van der Waals surface area contributed by atoms with E-state index < -0.39 is 18.5 Å². The summed E-state index contributed by atoms with van der Waals surface area (Å²) >= 11 is 0. The largest absolute Gasteiger partial charge is 0.457 e. The first-order chi connectivity index (χ1) is 17.6. The minimum absolute atomic E-state index is 0.329. The topological polar surface area (TPSA) is 82.4 Å². The van der Waals surface area contributed by atoms with Crippen LogP contribution in [0.1, 0.15) is 16.2 Å². The molecule has 1 aromatic heterocycles. The number of anilines is 1. The highest BCUT2D eigenvalue weighted by Gasteiger charge is 2.15. The lowest BCUT2D eigenvalue weighted by Gasteiger charge is -2.09. The van der Waals surface area contributed by atoms with E-state index in [1.807, 2.05) is 78.2 Å². The van der Waals surface area contributed by atoms with Crippen molar-refractivity contribution in [3.8, 4) is 17.2 Å². The number of benzene rings is 4. The van der Waals surface area contributed by atoms with Crippen LogP contribution < -0.4 is 10.1 Å².